The standard InChI is InChI=1S/C32H38N2O4S3/c1-5-9-11-19(7-3)15-33-29(35)21-17-39-27(25(21)31(33)37)23-13-14-24(41-23)28-26-22(18-40-28)30(36)34(32(26)38)16-20(8-4)12-10-6-2/h13-14,17-20H,5-12,15-16H2,1-4H3. The van der Waals surface area contributed by atoms with Gasteiger partial charge in [-0.1, -0.05) is 66.2 Å². The van der Waals surface area contributed by atoms with Crippen molar-refractivity contribution in [1.82, 2.24) is 9.80 Å². The number of hydrogen-bond donors (Lipinski definition) is 0. The normalized spacial score (nSPS) is 16.2. The molecule has 0 spiro atoms. The van der Waals surface area contributed by atoms with Gasteiger partial charge in [0.15, 0.2) is 0 Å². The number of fused-ring (bicyclic) bond motifs is 2. The molecule has 0 fully saturated rings. The molecule has 6 nitrogen and oxygen atoms in total. The Balaban J connectivity index is 1.37. The van der Waals surface area contributed by atoms with E-state index >= 15 is 0 Å². The van der Waals surface area contributed by atoms with Crippen LogP contribution in [0.4, 0.5) is 0 Å². The van der Waals surface area contributed by atoms with Crippen LogP contribution in [-0.2, 0) is 0 Å². The third-order valence-corrected chi connectivity index (χ3v) is 11.9. The summed E-state index contributed by atoms with van der Waals surface area (Å²) in [6.45, 7) is 9.48. The molecular weight excluding hydrogens is 573 g/mol. The number of amides is 4. The lowest BCUT2D eigenvalue weighted by atomic mass is 9.99. The Morgan fingerprint density at radius 3 is 1.41 bits per heavy atom. The van der Waals surface area contributed by atoms with E-state index in [-0.39, 0.29) is 23.6 Å². The van der Waals surface area contributed by atoms with Gasteiger partial charge in [0.05, 0.1) is 32.0 Å². The van der Waals surface area contributed by atoms with Crippen LogP contribution in [0.15, 0.2) is 22.9 Å². The Hall–Kier alpha value is -2.62. The first-order chi connectivity index (χ1) is 19.8. The molecule has 0 saturated heterocycles. The van der Waals surface area contributed by atoms with Crippen molar-refractivity contribution in [3.05, 3.63) is 45.1 Å². The highest BCUT2D eigenvalue weighted by molar-refractivity contribution is 7.26. The van der Waals surface area contributed by atoms with Gasteiger partial charge in [-0.05, 0) is 36.8 Å². The zero-order valence-electron chi connectivity index (χ0n) is 24.3. The van der Waals surface area contributed by atoms with Crippen LogP contribution in [0.5, 0.6) is 0 Å². The van der Waals surface area contributed by atoms with E-state index in [1.165, 1.54) is 43.8 Å². The van der Waals surface area contributed by atoms with Crippen molar-refractivity contribution in [1.29, 1.82) is 0 Å². The molecule has 41 heavy (non-hydrogen) atoms. The third-order valence-electron chi connectivity index (χ3n) is 8.47. The van der Waals surface area contributed by atoms with Crippen molar-refractivity contribution in [3.8, 4) is 19.5 Å². The zero-order valence-corrected chi connectivity index (χ0v) is 26.7. The average molecular weight is 611 g/mol. The van der Waals surface area contributed by atoms with Crippen LogP contribution in [0, 0.1) is 11.8 Å². The fraction of sp³-hybridized carbons (Fsp3) is 0.500. The van der Waals surface area contributed by atoms with Gasteiger partial charge in [0.1, 0.15) is 0 Å². The lowest BCUT2D eigenvalue weighted by Gasteiger charge is -2.21. The number of carbonyl (C=O) groups excluding carboxylic acids is 4. The number of hydrogen-bond acceptors (Lipinski definition) is 7. The molecule has 3 aromatic rings. The highest BCUT2D eigenvalue weighted by atomic mass is 32.1. The zero-order chi connectivity index (χ0) is 29.3. The highest BCUT2D eigenvalue weighted by Crippen LogP contribution is 2.46. The minimum absolute atomic E-state index is 0.191. The van der Waals surface area contributed by atoms with Crippen LogP contribution in [0.3, 0.4) is 0 Å². The monoisotopic (exact) mass is 610 g/mol. The number of rotatable bonds is 14. The lowest BCUT2D eigenvalue weighted by Crippen LogP contribution is -2.34. The first-order valence-corrected chi connectivity index (χ1v) is 17.5. The number of nitrogens with zero attached hydrogens (tertiary/aromatic N) is 2. The average Bonchev–Trinajstić information content (AvgIpc) is 3.78. The molecule has 218 valence electrons. The predicted octanol–water partition coefficient (Wildman–Crippen LogP) is 8.83. The van der Waals surface area contributed by atoms with Gasteiger partial charge in [0.25, 0.3) is 23.6 Å². The molecule has 0 saturated carbocycles. The summed E-state index contributed by atoms with van der Waals surface area (Å²) in [4.78, 5) is 59.7. The molecule has 5 heterocycles. The smallest absolute Gasteiger partial charge is 0.263 e. The molecule has 2 atom stereocenters. The van der Waals surface area contributed by atoms with Gasteiger partial charge in [-0.15, -0.1) is 34.0 Å². The Labute approximate surface area is 254 Å². The molecule has 3 aromatic heterocycles. The van der Waals surface area contributed by atoms with Crippen molar-refractivity contribution in [2.24, 2.45) is 11.8 Å². The van der Waals surface area contributed by atoms with E-state index in [0.717, 1.165) is 70.9 Å². The molecule has 2 aliphatic heterocycles. The molecule has 0 aliphatic carbocycles. The van der Waals surface area contributed by atoms with Crippen molar-refractivity contribution >= 4 is 57.6 Å². The maximum Gasteiger partial charge on any atom is 0.263 e. The molecule has 0 bridgehead atoms. The summed E-state index contributed by atoms with van der Waals surface area (Å²) in [7, 11) is 0. The summed E-state index contributed by atoms with van der Waals surface area (Å²) in [5.74, 6) is -0.159. The maximum atomic E-state index is 13.5. The SMILES string of the molecule is CCCCC(CC)CN1C(=O)c2csc(-c3ccc(-c4scc5c4C(=O)N(CC(CC)CCCC)C5=O)s3)c2C1=O. The van der Waals surface area contributed by atoms with Crippen molar-refractivity contribution in [2.75, 3.05) is 13.1 Å². The molecule has 5 rings (SSSR count). The number of imide groups is 2. The van der Waals surface area contributed by atoms with Crippen molar-refractivity contribution < 1.29 is 19.2 Å². The second kappa shape index (κ2) is 12.7. The van der Waals surface area contributed by atoms with E-state index in [4.69, 9.17) is 0 Å². The number of carbonyl (C=O) groups is 4. The lowest BCUT2D eigenvalue weighted by molar-refractivity contribution is 0.0609. The molecule has 2 aliphatic rings. The minimum atomic E-state index is -0.201. The van der Waals surface area contributed by atoms with E-state index in [2.05, 4.69) is 27.7 Å². The van der Waals surface area contributed by atoms with Gasteiger partial charge in [-0.2, -0.15) is 0 Å². The molecule has 0 aromatic carbocycles. The topological polar surface area (TPSA) is 74.8 Å². The largest absolute Gasteiger partial charge is 0.274 e. The molecular formula is C32H38N2O4S3. The number of unbranched alkanes of at least 4 members (excludes halogenated alkanes) is 2. The van der Waals surface area contributed by atoms with E-state index in [1.54, 1.807) is 0 Å². The van der Waals surface area contributed by atoms with Crippen LogP contribution in [0.2, 0.25) is 0 Å². The van der Waals surface area contributed by atoms with Crippen LogP contribution in [0.1, 0.15) is 120 Å². The van der Waals surface area contributed by atoms with Gasteiger partial charge in [0.2, 0.25) is 0 Å². The third kappa shape index (κ3) is 5.48. The van der Waals surface area contributed by atoms with E-state index in [9.17, 15) is 19.2 Å². The summed E-state index contributed by atoms with van der Waals surface area (Å²) < 4.78 is 0. The van der Waals surface area contributed by atoms with Crippen LogP contribution < -0.4 is 0 Å². The second-order valence-corrected chi connectivity index (χ2v) is 14.0. The summed E-state index contributed by atoms with van der Waals surface area (Å²) in [5, 5.41) is 3.62. The van der Waals surface area contributed by atoms with E-state index < -0.39 is 0 Å². The quantitative estimate of drug-likeness (QED) is 0.171. The first kappa shape index (κ1) is 29.9. The first-order valence-electron chi connectivity index (χ1n) is 14.9. The van der Waals surface area contributed by atoms with Crippen LogP contribution in [0.25, 0.3) is 19.5 Å². The number of thiophene rings is 3. The summed E-state index contributed by atoms with van der Waals surface area (Å²) in [5.41, 5.74) is 2.00. The predicted molar refractivity (Wildman–Crippen MR) is 168 cm³/mol. The summed E-state index contributed by atoms with van der Waals surface area (Å²) in [6, 6.07) is 3.93. The Morgan fingerprint density at radius 1 is 0.634 bits per heavy atom. The minimum Gasteiger partial charge on any atom is -0.274 e. The van der Waals surface area contributed by atoms with E-state index in [0.29, 0.717) is 47.2 Å². The Bertz CT molecular complexity index is 1360. The van der Waals surface area contributed by atoms with Crippen molar-refractivity contribution in [2.45, 2.75) is 79.1 Å². The molecule has 0 N–H and O–H groups in total. The highest BCUT2D eigenvalue weighted by Gasteiger charge is 2.42. The van der Waals surface area contributed by atoms with Gasteiger partial charge in [-0.3, -0.25) is 29.0 Å². The molecule has 2 unspecified atom stereocenters. The van der Waals surface area contributed by atoms with Gasteiger partial charge >= 0.3 is 0 Å². The van der Waals surface area contributed by atoms with Crippen LogP contribution >= 0.6 is 34.0 Å². The van der Waals surface area contributed by atoms with E-state index in [1.807, 2.05) is 22.9 Å². The van der Waals surface area contributed by atoms with Crippen LogP contribution in [-0.4, -0.2) is 46.5 Å². The fourth-order valence-corrected chi connectivity index (χ4v) is 9.17. The van der Waals surface area contributed by atoms with Gasteiger partial charge in [-0.25, -0.2) is 0 Å². The second-order valence-electron chi connectivity index (χ2n) is 11.1. The summed E-state index contributed by atoms with van der Waals surface area (Å²) >= 11 is 4.35. The Kier molecular flexibility index (Phi) is 9.26. The Morgan fingerprint density at radius 2 is 1.05 bits per heavy atom. The fourth-order valence-electron chi connectivity index (χ4n) is 5.83. The maximum absolute atomic E-state index is 13.5. The van der Waals surface area contributed by atoms with Gasteiger partial charge < -0.3 is 0 Å². The summed E-state index contributed by atoms with van der Waals surface area (Å²) in [6.07, 6.45) is 8.28. The molecule has 4 amide bonds. The molecule has 9 heteroatoms. The molecule has 0 radical (unpaired) electrons. The van der Waals surface area contributed by atoms with Crippen molar-refractivity contribution in [3.63, 3.8) is 0 Å². The van der Waals surface area contributed by atoms with Gasteiger partial charge in [0, 0.05) is 33.6 Å².